The number of anilines is 3. The first-order valence-electron chi connectivity index (χ1n) is 11.0. The monoisotopic (exact) mass is 467 g/mol. The van der Waals surface area contributed by atoms with Crippen LogP contribution < -0.4 is 16.0 Å². The van der Waals surface area contributed by atoms with Crippen molar-refractivity contribution < 1.29 is 14.4 Å². The number of imidazole rings is 1. The summed E-state index contributed by atoms with van der Waals surface area (Å²) >= 11 is 0. The average molecular weight is 468 g/mol. The highest BCUT2D eigenvalue weighted by molar-refractivity contribution is 5.91. The van der Waals surface area contributed by atoms with Gasteiger partial charge in [-0.3, -0.25) is 14.4 Å². The average Bonchev–Trinajstić information content (AvgIpc) is 3.25. The van der Waals surface area contributed by atoms with Crippen LogP contribution >= 0.6 is 0 Å². The van der Waals surface area contributed by atoms with E-state index in [-0.39, 0.29) is 17.7 Å². The minimum absolute atomic E-state index is 0.134. The second-order valence-corrected chi connectivity index (χ2v) is 8.08. The molecule has 0 radical (unpaired) electrons. The van der Waals surface area contributed by atoms with E-state index in [2.05, 4.69) is 20.9 Å². The Balaban J connectivity index is 1.74. The summed E-state index contributed by atoms with van der Waals surface area (Å²) in [5, 5.41) is 8.30. The van der Waals surface area contributed by atoms with Gasteiger partial charge in [0.25, 0.3) is 0 Å². The van der Waals surface area contributed by atoms with Crippen molar-refractivity contribution in [3.05, 3.63) is 72.8 Å². The van der Waals surface area contributed by atoms with Gasteiger partial charge in [0, 0.05) is 54.5 Å². The third kappa shape index (κ3) is 5.80. The number of amides is 3. The lowest BCUT2D eigenvalue weighted by atomic mass is 10.0. The number of carbonyl (C=O) groups is 3. The predicted molar refractivity (Wildman–Crippen MR) is 138 cm³/mol. The van der Waals surface area contributed by atoms with Crippen molar-refractivity contribution >= 4 is 34.8 Å². The molecule has 0 aliphatic carbocycles. The highest BCUT2D eigenvalue weighted by atomic mass is 16.2. The number of rotatable bonds is 6. The SMILES string of the molecule is CC(=O)Nc1ccc(-c2nc(-c3ccc(NC(C)=O)cc3)c(-c3ccc(NC(C)=O)cc3)[nH]2)cc1. The zero-order chi connectivity index (χ0) is 24.9. The molecule has 0 atom stereocenters. The van der Waals surface area contributed by atoms with Crippen LogP contribution in [0.3, 0.4) is 0 Å². The quantitative estimate of drug-likeness (QED) is 0.308. The van der Waals surface area contributed by atoms with Crippen molar-refractivity contribution in [2.75, 3.05) is 16.0 Å². The minimum atomic E-state index is -0.137. The number of hydrogen-bond acceptors (Lipinski definition) is 4. The number of H-pyrrole nitrogens is 1. The zero-order valence-corrected chi connectivity index (χ0v) is 19.6. The number of nitrogens with one attached hydrogen (secondary N) is 4. The van der Waals surface area contributed by atoms with Crippen LogP contribution in [0.15, 0.2) is 72.8 Å². The maximum atomic E-state index is 11.4. The van der Waals surface area contributed by atoms with E-state index in [0.717, 1.165) is 28.1 Å². The van der Waals surface area contributed by atoms with Crippen LogP contribution in [0.5, 0.6) is 0 Å². The molecule has 4 N–H and O–H groups in total. The van der Waals surface area contributed by atoms with Crippen molar-refractivity contribution in [2.24, 2.45) is 0 Å². The highest BCUT2D eigenvalue weighted by Gasteiger charge is 2.16. The molecule has 3 amide bonds. The van der Waals surface area contributed by atoms with E-state index in [0.29, 0.717) is 22.9 Å². The summed E-state index contributed by atoms with van der Waals surface area (Å²) in [6, 6.07) is 22.4. The summed E-state index contributed by atoms with van der Waals surface area (Å²) in [7, 11) is 0. The van der Waals surface area contributed by atoms with Crippen molar-refractivity contribution in [3.63, 3.8) is 0 Å². The molecule has 0 aliphatic rings. The number of nitrogens with zero attached hydrogens (tertiary/aromatic N) is 1. The van der Waals surface area contributed by atoms with E-state index < -0.39 is 0 Å². The van der Waals surface area contributed by atoms with Crippen molar-refractivity contribution in [2.45, 2.75) is 20.8 Å². The maximum Gasteiger partial charge on any atom is 0.221 e. The smallest absolute Gasteiger partial charge is 0.221 e. The lowest BCUT2D eigenvalue weighted by Gasteiger charge is -2.07. The zero-order valence-electron chi connectivity index (χ0n) is 19.6. The molecule has 0 saturated heterocycles. The first-order chi connectivity index (χ1) is 16.8. The Morgan fingerprint density at radius 2 is 0.943 bits per heavy atom. The molecular formula is C27H25N5O3. The molecule has 8 nitrogen and oxygen atoms in total. The first-order valence-corrected chi connectivity index (χ1v) is 11.0. The predicted octanol–water partition coefficient (Wildman–Crippen LogP) is 5.29. The Kier molecular flexibility index (Phi) is 6.73. The number of aromatic amines is 1. The molecular weight excluding hydrogens is 442 g/mol. The normalized spacial score (nSPS) is 10.5. The van der Waals surface area contributed by atoms with Gasteiger partial charge in [0.1, 0.15) is 5.82 Å². The van der Waals surface area contributed by atoms with Gasteiger partial charge in [-0.1, -0.05) is 24.3 Å². The van der Waals surface area contributed by atoms with Crippen LogP contribution in [0, 0.1) is 0 Å². The molecule has 0 bridgehead atoms. The Morgan fingerprint density at radius 1 is 0.571 bits per heavy atom. The Bertz CT molecular complexity index is 1300. The number of hydrogen-bond donors (Lipinski definition) is 4. The fourth-order valence-electron chi connectivity index (χ4n) is 3.68. The van der Waals surface area contributed by atoms with E-state index in [4.69, 9.17) is 4.98 Å². The summed E-state index contributed by atoms with van der Waals surface area (Å²) in [6.07, 6.45) is 0. The molecule has 0 unspecified atom stereocenters. The molecule has 4 aromatic rings. The fourth-order valence-corrected chi connectivity index (χ4v) is 3.68. The molecule has 1 aromatic heterocycles. The van der Waals surface area contributed by atoms with E-state index in [1.54, 1.807) is 0 Å². The summed E-state index contributed by atoms with van der Waals surface area (Å²) in [6.45, 7) is 4.40. The van der Waals surface area contributed by atoms with Gasteiger partial charge in [0.2, 0.25) is 17.7 Å². The minimum Gasteiger partial charge on any atom is -0.337 e. The fraction of sp³-hybridized carbons (Fsp3) is 0.111. The van der Waals surface area contributed by atoms with E-state index in [1.807, 2.05) is 72.8 Å². The third-order valence-corrected chi connectivity index (χ3v) is 5.16. The molecule has 8 heteroatoms. The number of benzene rings is 3. The largest absolute Gasteiger partial charge is 0.337 e. The molecule has 176 valence electrons. The van der Waals surface area contributed by atoms with Gasteiger partial charge in [-0.15, -0.1) is 0 Å². The van der Waals surface area contributed by atoms with Gasteiger partial charge < -0.3 is 20.9 Å². The summed E-state index contributed by atoms with van der Waals surface area (Å²) < 4.78 is 0. The first kappa shape index (κ1) is 23.4. The van der Waals surface area contributed by atoms with Gasteiger partial charge in [0.05, 0.1) is 11.4 Å². The molecule has 0 spiro atoms. The Labute approximate surface area is 202 Å². The summed E-state index contributed by atoms with van der Waals surface area (Å²) in [5.74, 6) is 0.263. The molecule has 3 aromatic carbocycles. The van der Waals surface area contributed by atoms with Gasteiger partial charge >= 0.3 is 0 Å². The van der Waals surface area contributed by atoms with Crippen LogP contribution in [0.1, 0.15) is 20.8 Å². The number of aromatic nitrogens is 2. The maximum absolute atomic E-state index is 11.4. The molecule has 0 saturated carbocycles. The van der Waals surface area contributed by atoms with Gasteiger partial charge in [-0.05, 0) is 48.5 Å². The second kappa shape index (κ2) is 10.0. The highest BCUT2D eigenvalue weighted by Crippen LogP contribution is 2.34. The van der Waals surface area contributed by atoms with Crippen LogP contribution in [0.2, 0.25) is 0 Å². The van der Waals surface area contributed by atoms with Gasteiger partial charge in [-0.25, -0.2) is 4.98 Å². The van der Waals surface area contributed by atoms with E-state index in [9.17, 15) is 14.4 Å². The Morgan fingerprint density at radius 3 is 1.34 bits per heavy atom. The summed E-state index contributed by atoms with van der Waals surface area (Å²) in [5.41, 5.74) is 6.29. The van der Waals surface area contributed by atoms with Crippen molar-refractivity contribution in [1.82, 2.24) is 9.97 Å². The Hall–Kier alpha value is -4.72. The molecule has 35 heavy (non-hydrogen) atoms. The van der Waals surface area contributed by atoms with Crippen LogP contribution in [0.25, 0.3) is 33.9 Å². The van der Waals surface area contributed by atoms with Crippen LogP contribution in [0.4, 0.5) is 17.1 Å². The van der Waals surface area contributed by atoms with Crippen LogP contribution in [-0.2, 0) is 14.4 Å². The van der Waals surface area contributed by atoms with Crippen molar-refractivity contribution in [1.29, 1.82) is 0 Å². The lowest BCUT2D eigenvalue weighted by molar-refractivity contribution is -0.115. The lowest BCUT2D eigenvalue weighted by Crippen LogP contribution is -2.05. The molecule has 1 heterocycles. The van der Waals surface area contributed by atoms with Crippen molar-refractivity contribution in [3.8, 4) is 33.9 Å². The van der Waals surface area contributed by atoms with E-state index in [1.165, 1.54) is 20.8 Å². The topological polar surface area (TPSA) is 116 Å². The van der Waals surface area contributed by atoms with E-state index >= 15 is 0 Å². The number of carbonyl (C=O) groups excluding carboxylic acids is 3. The third-order valence-electron chi connectivity index (χ3n) is 5.16. The van der Waals surface area contributed by atoms with Gasteiger partial charge in [-0.2, -0.15) is 0 Å². The standard InChI is InChI=1S/C27H25N5O3/c1-16(33)28-22-10-4-19(5-11-22)25-26(20-6-12-23(13-7-20)29-17(2)34)32-27(31-25)21-8-14-24(15-9-21)30-18(3)35/h4-15H,1-3H3,(H,28,33)(H,29,34)(H,30,35)(H,31,32). The second-order valence-electron chi connectivity index (χ2n) is 8.08. The molecule has 0 fully saturated rings. The summed E-state index contributed by atoms with van der Waals surface area (Å²) in [4.78, 5) is 42.4. The molecule has 4 rings (SSSR count). The van der Waals surface area contributed by atoms with Crippen LogP contribution in [-0.4, -0.2) is 27.7 Å². The van der Waals surface area contributed by atoms with Gasteiger partial charge in [0.15, 0.2) is 0 Å². The molecule has 0 aliphatic heterocycles.